The number of rotatable bonds is 6. The van der Waals surface area contributed by atoms with Gasteiger partial charge in [-0.1, -0.05) is 11.6 Å². The Bertz CT molecular complexity index is 454. The minimum atomic E-state index is -0.453. The maximum Gasteiger partial charge on any atom is 0.242 e. The lowest BCUT2D eigenvalue weighted by Gasteiger charge is -2.15. The Balaban J connectivity index is 2.63. The largest absolute Gasteiger partial charge is 0.383 e. The van der Waals surface area contributed by atoms with Gasteiger partial charge >= 0.3 is 0 Å². The fourth-order valence-electron chi connectivity index (χ4n) is 1.37. The van der Waals surface area contributed by atoms with Gasteiger partial charge in [0.2, 0.25) is 5.91 Å². The second-order valence-electron chi connectivity index (χ2n) is 4.18. The van der Waals surface area contributed by atoms with Crippen molar-refractivity contribution in [3.63, 3.8) is 0 Å². The number of anilines is 1. The van der Waals surface area contributed by atoms with Crippen LogP contribution < -0.4 is 10.6 Å². The summed E-state index contributed by atoms with van der Waals surface area (Å²) in [5.74, 6) is 0.271. The number of aromatic nitrogens is 2. The molecule has 0 aliphatic heterocycles. The van der Waals surface area contributed by atoms with Crippen molar-refractivity contribution in [2.45, 2.75) is 26.8 Å². The zero-order chi connectivity index (χ0) is 14.4. The van der Waals surface area contributed by atoms with Crippen molar-refractivity contribution in [2.75, 3.05) is 25.6 Å². The Kier molecular flexibility index (Phi) is 5.98. The molecule has 1 heterocycles. The highest BCUT2D eigenvalue weighted by molar-refractivity contribution is 6.31. The number of carbonyl (C=O) groups excluding carboxylic acids is 1. The summed E-state index contributed by atoms with van der Waals surface area (Å²) in [6.45, 7) is 6.34. The number of amides is 1. The molecular formula is C12H19ClN4O2. The number of aryl methyl sites for hydroxylation is 2. The van der Waals surface area contributed by atoms with Crippen LogP contribution in [-0.4, -0.2) is 42.2 Å². The highest BCUT2D eigenvalue weighted by atomic mass is 35.5. The molecule has 19 heavy (non-hydrogen) atoms. The average molecular weight is 287 g/mol. The Morgan fingerprint density at radius 2 is 2.00 bits per heavy atom. The van der Waals surface area contributed by atoms with Crippen molar-refractivity contribution >= 4 is 23.3 Å². The number of carbonyl (C=O) groups is 1. The smallest absolute Gasteiger partial charge is 0.242 e. The van der Waals surface area contributed by atoms with Gasteiger partial charge in [-0.15, -0.1) is 0 Å². The van der Waals surface area contributed by atoms with Crippen LogP contribution in [0.2, 0.25) is 5.15 Å². The number of methoxy groups -OCH3 is 1. The van der Waals surface area contributed by atoms with E-state index in [9.17, 15) is 4.79 Å². The first kappa shape index (κ1) is 15.7. The molecule has 106 valence electrons. The standard InChI is InChI=1S/C12H19ClN4O2/c1-7-8(2)16-11(10(13)15-7)17-9(3)12(18)14-5-6-19-4/h9H,5-6H2,1-4H3,(H,14,18)(H,16,17). The van der Waals surface area contributed by atoms with Gasteiger partial charge in [0, 0.05) is 13.7 Å². The minimum absolute atomic E-state index is 0.145. The zero-order valence-electron chi connectivity index (χ0n) is 11.6. The zero-order valence-corrected chi connectivity index (χ0v) is 12.3. The summed E-state index contributed by atoms with van der Waals surface area (Å²) in [7, 11) is 1.58. The number of nitrogens with one attached hydrogen (secondary N) is 2. The van der Waals surface area contributed by atoms with E-state index >= 15 is 0 Å². The summed E-state index contributed by atoms with van der Waals surface area (Å²) in [6.07, 6.45) is 0. The van der Waals surface area contributed by atoms with Crippen LogP contribution in [0.25, 0.3) is 0 Å². The molecule has 0 saturated heterocycles. The summed E-state index contributed by atoms with van der Waals surface area (Å²) < 4.78 is 4.86. The van der Waals surface area contributed by atoms with Crippen LogP contribution in [0.1, 0.15) is 18.3 Å². The Morgan fingerprint density at radius 3 is 2.63 bits per heavy atom. The van der Waals surface area contributed by atoms with E-state index in [1.54, 1.807) is 14.0 Å². The molecule has 1 atom stereocenters. The molecule has 0 spiro atoms. The first-order valence-corrected chi connectivity index (χ1v) is 6.37. The quantitative estimate of drug-likeness (QED) is 0.771. The first-order chi connectivity index (χ1) is 8.95. The maximum atomic E-state index is 11.8. The summed E-state index contributed by atoms with van der Waals surface area (Å²) >= 11 is 5.99. The van der Waals surface area contributed by atoms with Gasteiger partial charge in [-0.3, -0.25) is 4.79 Å². The fraction of sp³-hybridized carbons (Fsp3) is 0.583. The van der Waals surface area contributed by atoms with Gasteiger partial charge in [0.15, 0.2) is 11.0 Å². The van der Waals surface area contributed by atoms with Crippen LogP contribution in [-0.2, 0) is 9.53 Å². The Morgan fingerprint density at radius 1 is 1.37 bits per heavy atom. The lowest BCUT2D eigenvalue weighted by atomic mass is 10.3. The van der Waals surface area contributed by atoms with E-state index in [-0.39, 0.29) is 11.1 Å². The van der Waals surface area contributed by atoms with E-state index in [1.165, 1.54) is 0 Å². The summed E-state index contributed by atoms with van der Waals surface area (Å²) in [4.78, 5) is 20.2. The van der Waals surface area contributed by atoms with E-state index < -0.39 is 6.04 Å². The number of nitrogens with zero attached hydrogens (tertiary/aromatic N) is 2. The molecule has 0 radical (unpaired) electrons. The van der Waals surface area contributed by atoms with Crippen LogP contribution in [0, 0.1) is 13.8 Å². The number of halogens is 1. The van der Waals surface area contributed by atoms with Crippen LogP contribution >= 0.6 is 11.6 Å². The molecule has 2 N–H and O–H groups in total. The Hall–Kier alpha value is -1.40. The SMILES string of the molecule is COCCNC(=O)C(C)Nc1nc(C)c(C)nc1Cl. The van der Waals surface area contributed by atoms with E-state index in [0.29, 0.717) is 19.0 Å². The van der Waals surface area contributed by atoms with Crippen LogP contribution in [0.4, 0.5) is 5.82 Å². The van der Waals surface area contributed by atoms with Crippen molar-refractivity contribution in [1.29, 1.82) is 0 Å². The van der Waals surface area contributed by atoms with Crippen molar-refractivity contribution in [3.05, 3.63) is 16.5 Å². The van der Waals surface area contributed by atoms with Gasteiger partial charge in [0.1, 0.15) is 6.04 Å². The van der Waals surface area contributed by atoms with Gasteiger partial charge in [-0.2, -0.15) is 0 Å². The molecule has 1 unspecified atom stereocenters. The molecule has 0 saturated carbocycles. The number of hydrogen-bond acceptors (Lipinski definition) is 5. The van der Waals surface area contributed by atoms with Gasteiger partial charge in [-0.05, 0) is 20.8 Å². The third-order valence-electron chi connectivity index (χ3n) is 2.62. The fourth-order valence-corrected chi connectivity index (χ4v) is 1.59. The van der Waals surface area contributed by atoms with Gasteiger partial charge in [0.05, 0.1) is 18.0 Å². The van der Waals surface area contributed by atoms with Crippen molar-refractivity contribution < 1.29 is 9.53 Å². The highest BCUT2D eigenvalue weighted by Gasteiger charge is 2.15. The molecule has 7 heteroatoms. The first-order valence-electron chi connectivity index (χ1n) is 5.99. The molecule has 0 aromatic carbocycles. The Labute approximate surface area is 117 Å². The predicted molar refractivity (Wildman–Crippen MR) is 74.5 cm³/mol. The van der Waals surface area contributed by atoms with E-state index in [2.05, 4.69) is 20.6 Å². The van der Waals surface area contributed by atoms with E-state index in [0.717, 1.165) is 11.4 Å². The molecule has 1 amide bonds. The maximum absolute atomic E-state index is 11.8. The molecule has 0 aliphatic carbocycles. The molecule has 1 aromatic heterocycles. The topological polar surface area (TPSA) is 76.1 Å². The highest BCUT2D eigenvalue weighted by Crippen LogP contribution is 2.19. The normalized spacial score (nSPS) is 12.1. The van der Waals surface area contributed by atoms with Crippen molar-refractivity contribution in [3.8, 4) is 0 Å². The van der Waals surface area contributed by atoms with Crippen LogP contribution in [0.5, 0.6) is 0 Å². The second kappa shape index (κ2) is 7.25. The summed E-state index contributed by atoms with van der Waals surface area (Å²) in [6, 6.07) is -0.453. The number of hydrogen-bond donors (Lipinski definition) is 2. The lowest BCUT2D eigenvalue weighted by Crippen LogP contribution is -2.39. The number of ether oxygens (including phenoxy) is 1. The molecular weight excluding hydrogens is 268 g/mol. The van der Waals surface area contributed by atoms with Crippen LogP contribution in [0.3, 0.4) is 0 Å². The van der Waals surface area contributed by atoms with Crippen molar-refractivity contribution in [1.82, 2.24) is 15.3 Å². The summed E-state index contributed by atoms with van der Waals surface area (Å²) in [5, 5.41) is 5.94. The van der Waals surface area contributed by atoms with Gasteiger partial charge < -0.3 is 15.4 Å². The van der Waals surface area contributed by atoms with E-state index in [1.807, 2.05) is 13.8 Å². The van der Waals surface area contributed by atoms with E-state index in [4.69, 9.17) is 16.3 Å². The van der Waals surface area contributed by atoms with Gasteiger partial charge in [-0.25, -0.2) is 9.97 Å². The van der Waals surface area contributed by atoms with Crippen molar-refractivity contribution in [2.24, 2.45) is 0 Å². The minimum Gasteiger partial charge on any atom is -0.383 e. The second-order valence-corrected chi connectivity index (χ2v) is 4.54. The molecule has 1 aromatic rings. The van der Waals surface area contributed by atoms with Gasteiger partial charge in [0.25, 0.3) is 0 Å². The van der Waals surface area contributed by atoms with Crippen LogP contribution in [0.15, 0.2) is 0 Å². The molecule has 0 fully saturated rings. The molecule has 0 aliphatic rings. The summed E-state index contributed by atoms with van der Waals surface area (Å²) in [5.41, 5.74) is 1.55. The predicted octanol–water partition coefficient (Wildman–Crippen LogP) is 1.31. The third-order valence-corrected chi connectivity index (χ3v) is 2.88. The molecule has 0 bridgehead atoms. The molecule has 6 nitrogen and oxygen atoms in total. The molecule has 1 rings (SSSR count). The third kappa shape index (κ3) is 4.65. The average Bonchev–Trinajstić information content (AvgIpc) is 2.36. The monoisotopic (exact) mass is 286 g/mol. The lowest BCUT2D eigenvalue weighted by molar-refractivity contribution is -0.121.